The molecule has 1 aromatic heterocycles. The third kappa shape index (κ3) is 4.75. The molecule has 0 spiro atoms. The molecule has 0 aliphatic heterocycles. The van der Waals surface area contributed by atoms with Crippen LogP contribution in [0.25, 0.3) is 0 Å². The highest BCUT2D eigenvalue weighted by molar-refractivity contribution is 5.97. The van der Waals surface area contributed by atoms with Crippen LogP contribution in [0.5, 0.6) is 0 Å². The van der Waals surface area contributed by atoms with Gasteiger partial charge in [-0.15, -0.1) is 10.2 Å². The van der Waals surface area contributed by atoms with E-state index in [-0.39, 0.29) is 24.5 Å². The van der Waals surface area contributed by atoms with Crippen molar-refractivity contribution >= 4 is 11.7 Å². The maximum atomic E-state index is 12.0. The molecule has 0 saturated heterocycles. The number of aromatic nitrogens is 3. The number of benzene rings is 1. The van der Waals surface area contributed by atoms with Gasteiger partial charge in [0.05, 0.1) is 6.54 Å². The Kier molecular flexibility index (Phi) is 5.93. The Morgan fingerprint density at radius 2 is 1.84 bits per heavy atom. The van der Waals surface area contributed by atoms with Crippen LogP contribution in [-0.2, 0) is 11.3 Å². The van der Waals surface area contributed by atoms with Crippen molar-refractivity contribution in [3.05, 3.63) is 48.0 Å². The van der Waals surface area contributed by atoms with Gasteiger partial charge in [-0.25, -0.2) is 0 Å². The quantitative estimate of drug-likeness (QED) is 0.786. The van der Waals surface area contributed by atoms with Gasteiger partial charge in [0.2, 0.25) is 5.91 Å². The highest BCUT2D eigenvalue weighted by Crippen LogP contribution is 2.28. The molecule has 1 aliphatic rings. The maximum Gasteiger partial charge on any atom is 0.220 e. The molecule has 6 nitrogen and oxygen atoms in total. The Morgan fingerprint density at radius 1 is 1.08 bits per heavy atom. The van der Waals surface area contributed by atoms with E-state index in [1.807, 2.05) is 18.2 Å². The van der Waals surface area contributed by atoms with E-state index in [1.54, 1.807) is 18.5 Å². The van der Waals surface area contributed by atoms with Crippen LogP contribution >= 0.6 is 0 Å². The Morgan fingerprint density at radius 3 is 2.60 bits per heavy atom. The second-order valence-electron chi connectivity index (χ2n) is 6.51. The largest absolute Gasteiger partial charge is 0.349 e. The number of ketones is 1. The molecule has 1 heterocycles. The van der Waals surface area contributed by atoms with Crippen molar-refractivity contribution in [2.45, 2.75) is 57.5 Å². The van der Waals surface area contributed by atoms with E-state index >= 15 is 0 Å². The molecule has 0 bridgehead atoms. The summed E-state index contributed by atoms with van der Waals surface area (Å²) >= 11 is 0. The number of carbonyl (C=O) groups is 2. The molecule has 0 radical (unpaired) electrons. The Bertz CT molecular complexity index is 705. The molecule has 1 amide bonds. The zero-order valence-electron chi connectivity index (χ0n) is 14.4. The van der Waals surface area contributed by atoms with E-state index in [9.17, 15) is 9.59 Å². The molecule has 0 unspecified atom stereocenters. The fraction of sp³-hybridized carbons (Fsp3) is 0.474. The van der Waals surface area contributed by atoms with Crippen molar-refractivity contribution < 1.29 is 9.59 Å². The third-order valence-electron chi connectivity index (χ3n) is 4.73. The summed E-state index contributed by atoms with van der Waals surface area (Å²) in [5, 5.41) is 11.0. The fourth-order valence-corrected chi connectivity index (χ4v) is 3.32. The molecule has 6 heteroatoms. The summed E-state index contributed by atoms with van der Waals surface area (Å²) < 4.78 is 2.09. The fourth-order valence-electron chi connectivity index (χ4n) is 3.32. The first-order valence-electron chi connectivity index (χ1n) is 8.97. The number of nitrogens with zero attached hydrogens (tertiary/aromatic N) is 3. The van der Waals surface area contributed by atoms with Crippen molar-refractivity contribution in [3.8, 4) is 0 Å². The number of carbonyl (C=O) groups excluding carboxylic acids is 2. The molecule has 25 heavy (non-hydrogen) atoms. The van der Waals surface area contributed by atoms with Crippen LogP contribution in [0.2, 0.25) is 0 Å². The van der Waals surface area contributed by atoms with Crippen molar-refractivity contribution in [2.75, 3.05) is 0 Å². The first kappa shape index (κ1) is 17.3. The van der Waals surface area contributed by atoms with Crippen molar-refractivity contribution in [3.63, 3.8) is 0 Å². The van der Waals surface area contributed by atoms with Gasteiger partial charge < -0.3 is 9.88 Å². The Hall–Kier alpha value is -2.50. The Labute approximate surface area is 147 Å². The van der Waals surface area contributed by atoms with Crippen molar-refractivity contribution in [1.82, 2.24) is 20.1 Å². The lowest BCUT2D eigenvalue weighted by atomic mass is 9.95. The first-order valence-corrected chi connectivity index (χ1v) is 8.97. The lowest BCUT2D eigenvalue weighted by molar-refractivity contribution is -0.121. The van der Waals surface area contributed by atoms with E-state index in [4.69, 9.17) is 0 Å². The number of nitrogens with one attached hydrogen (secondary N) is 1. The van der Waals surface area contributed by atoms with Gasteiger partial charge in [0.1, 0.15) is 6.33 Å². The highest BCUT2D eigenvalue weighted by atomic mass is 16.2. The second kappa shape index (κ2) is 8.55. The number of hydrogen-bond donors (Lipinski definition) is 1. The summed E-state index contributed by atoms with van der Waals surface area (Å²) in [5.41, 5.74) is 0.646. The molecule has 1 N–H and O–H groups in total. The molecule has 132 valence electrons. The predicted octanol–water partition coefficient (Wildman–Crippen LogP) is 3.06. The van der Waals surface area contributed by atoms with E-state index in [0.29, 0.717) is 18.2 Å². The van der Waals surface area contributed by atoms with Crippen LogP contribution in [0.3, 0.4) is 0 Å². The molecule has 0 atom stereocenters. The van der Waals surface area contributed by atoms with Gasteiger partial charge in [0, 0.05) is 24.4 Å². The smallest absolute Gasteiger partial charge is 0.220 e. The topological polar surface area (TPSA) is 76.9 Å². The predicted molar refractivity (Wildman–Crippen MR) is 94.0 cm³/mol. The molecule has 1 aromatic carbocycles. The minimum Gasteiger partial charge on any atom is -0.349 e. The lowest BCUT2D eigenvalue weighted by Crippen LogP contribution is -2.26. The molecular formula is C19H24N4O2. The third-order valence-corrected chi connectivity index (χ3v) is 4.73. The lowest BCUT2D eigenvalue weighted by Gasteiger charge is -2.24. The number of rotatable bonds is 7. The zero-order valence-corrected chi connectivity index (χ0v) is 14.4. The summed E-state index contributed by atoms with van der Waals surface area (Å²) in [6.45, 7) is 0.356. The van der Waals surface area contributed by atoms with E-state index in [1.165, 1.54) is 19.3 Å². The molecular weight excluding hydrogens is 316 g/mol. The van der Waals surface area contributed by atoms with Gasteiger partial charge in [-0.2, -0.15) is 0 Å². The van der Waals surface area contributed by atoms with Gasteiger partial charge in [-0.1, -0.05) is 49.6 Å². The van der Waals surface area contributed by atoms with Crippen LogP contribution in [0, 0.1) is 0 Å². The number of Topliss-reactive ketones (excluding diaryl/α,β-unsaturated/α-hetero) is 1. The average molecular weight is 340 g/mol. The maximum absolute atomic E-state index is 12.0. The van der Waals surface area contributed by atoms with Gasteiger partial charge in [0.15, 0.2) is 11.6 Å². The van der Waals surface area contributed by atoms with Gasteiger partial charge in [-0.3, -0.25) is 9.59 Å². The highest BCUT2D eigenvalue weighted by Gasteiger charge is 2.18. The SMILES string of the molecule is O=C(CCC(=O)c1ccccc1)NCc1nncn1C1CCCCC1. The van der Waals surface area contributed by atoms with E-state index in [2.05, 4.69) is 20.1 Å². The standard InChI is InChI=1S/C19H24N4O2/c24-17(15-7-3-1-4-8-15)11-12-19(25)20-13-18-22-21-14-23(18)16-9-5-2-6-10-16/h1,3-4,7-8,14,16H,2,5-6,9-13H2,(H,20,25). The second-order valence-corrected chi connectivity index (χ2v) is 6.51. The van der Waals surface area contributed by atoms with Gasteiger partial charge in [-0.05, 0) is 12.8 Å². The Balaban J connectivity index is 1.46. The van der Waals surface area contributed by atoms with E-state index < -0.39 is 0 Å². The van der Waals surface area contributed by atoms with Gasteiger partial charge in [0.25, 0.3) is 0 Å². The summed E-state index contributed by atoms with van der Waals surface area (Å²) in [4.78, 5) is 24.1. The number of amides is 1. The molecule has 1 fully saturated rings. The molecule has 1 saturated carbocycles. The monoisotopic (exact) mass is 340 g/mol. The average Bonchev–Trinajstić information content (AvgIpc) is 3.14. The molecule has 3 rings (SSSR count). The van der Waals surface area contributed by atoms with Crippen molar-refractivity contribution in [1.29, 1.82) is 0 Å². The minimum absolute atomic E-state index is 0.0128. The van der Waals surface area contributed by atoms with Crippen LogP contribution in [-0.4, -0.2) is 26.5 Å². The molecule has 1 aliphatic carbocycles. The zero-order chi connectivity index (χ0) is 17.5. The van der Waals surface area contributed by atoms with Crippen LogP contribution in [0.1, 0.15) is 67.2 Å². The molecule has 2 aromatic rings. The van der Waals surface area contributed by atoms with Gasteiger partial charge >= 0.3 is 0 Å². The first-order chi connectivity index (χ1) is 12.2. The summed E-state index contributed by atoms with van der Waals surface area (Å²) in [6, 6.07) is 9.50. The minimum atomic E-state index is -0.137. The van der Waals surface area contributed by atoms with Crippen LogP contribution < -0.4 is 5.32 Å². The van der Waals surface area contributed by atoms with Crippen molar-refractivity contribution in [2.24, 2.45) is 0 Å². The van der Waals surface area contributed by atoms with Crippen LogP contribution in [0.15, 0.2) is 36.7 Å². The summed E-state index contributed by atoms with van der Waals surface area (Å²) in [7, 11) is 0. The summed E-state index contributed by atoms with van der Waals surface area (Å²) in [6.07, 6.45) is 8.20. The summed E-state index contributed by atoms with van der Waals surface area (Å²) in [5.74, 6) is 0.637. The van der Waals surface area contributed by atoms with Crippen LogP contribution in [0.4, 0.5) is 0 Å². The number of hydrogen-bond acceptors (Lipinski definition) is 4. The normalized spacial score (nSPS) is 15.0. The van der Waals surface area contributed by atoms with E-state index in [0.717, 1.165) is 18.7 Å².